The number of carbonyl (C=O) groups is 1. The van der Waals surface area contributed by atoms with Gasteiger partial charge in [-0.3, -0.25) is 4.68 Å². The number of hydrogen-bond acceptors (Lipinski definition) is 7. The molecule has 2 N–H and O–H groups in total. The van der Waals surface area contributed by atoms with Gasteiger partial charge in [0.15, 0.2) is 6.04 Å². The van der Waals surface area contributed by atoms with Gasteiger partial charge in [0.25, 0.3) is 0 Å². The first-order valence-electron chi connectivity index (χ1n) is 8.44. The molecule has 0 aliphatic heterocycles. The van der Waals surface area contributed by atoms with E-state index in [1.54, 1.807) is 20.8 Å². The molecular formula is C16H20F4N6O2. The van der Waals surface area contributed by atoms with Crippen LogP contribution in [0.5, 0.6) is 0 Å². The third-order valence-electron chi connectivity index (χ3n) is 3.63. The summed E-state index contributed by atoms with van der Waals surface area (Å²) in [7, 11) is 0. The molecule has 0 saturated carbocycles. The third kappa shape index (κ3) is 4.87. The number of nitrogens with zero attached hydrogens (tertiary/aromatic N) is 4. The van der Waals surface area contributed by atoms with E-state index in [0.29, 0.717) is 17.6 Å². The molecule has 1 atom stereocenters. The van der Waals surface area contributed by atoms with Crippen LogP contribution in [-0.2, 0) is 15.7 Å². The van der Waals surface area contributed by atoms with E-state index in [1.165, 1.54) is 6.20 Å². The highest BCUT2D eigenvalue weighted by Crippen LogP contribution is 2.34. The molecule has 0 spiro atoms. The Labute approximate surface area is 158 Å². The van der Waals surface area contributed by atoms with E-state index < -0.39 is 30.4 Å². The fourth-order valence-corrected chi connectivity index (χ4v) is 2.32. The van der Waals surface area contributed by atoms with Crippen molar-refractivity contribution in [2.75, 3.05) is 30.5 Å². The number of esters is 1. The first kappa shape index (κ1) is 21.4. The van der Waals surface area contributed by atoms with E-state index >= 15 is 0 Å². The van der Waals surface area contributed by atoms with Crippen molar-refractivity contribution < 1.29 is 27.1 Å². The van der Waals surface area contributed by atoms with Gasteiger partial charge in [0, 0.05) is 18.9 Å². The lowest BCUT2D eigenvalue weighted by Gasteiger charge is -2.13. The molecule has 0 aromatic carbocycles. The normalized spacial score (nSPS) is 12.5. The van der Waals surface area contributed by atoms with Crippen LogP contribution in [0.2, 0.25) is 0 Å². The maximum Gasteiger partial charge on any atom is 0.421 e. The van der Waals surface area contributed by atoms with Crippen LogP contribution in [-0.4, -0.2) is 45.5 Å². The van der Waals surface area contributed by atoms with Crippen LogP contribution >= 0.6 is 0 Å². The number of nitrogens with one attached hydrogen (secondary N) is 2. The molecule has 0 saturated heterocycles. The van der Waals surface area contributed by atoms with Gasteiger partial charge in [0.05, 0.1) is 18.0 Å². The number of ether oxygens (including phenoxy) is 1. The minimum atomic E-state index is -4.61. The van der Waals surface area contributed by atoms with Gasteiger partial charge in [0.2, 0.25) is 5.95 Å². The van der Waals surface area contributed by atoms with Crippen LogP contribution in [0.1, 0.15) is 31.1 Å². The molecule has 0 aliphatic carbocycles. The minimum absolute atomic E-state index is 0.0906. The van der Waals surface area contributed by atoms with Crippen LogP contribution in [0.4, 0.5) is 35.0 Å². The lowest BCUT2D eigenvalue weighted by atomic mass is 10.3. The Morgan fingerprint density at radius 1 is 1.36 bits per heavy atom. The molecule has 1 unspecified atom stereocenters. The Bertz CT molecular complexity index is 824. The van der Waals surface area contributed by atoms with Crippen molar-refractivity contribution in [3.05, 3.63) is 23.7 Å². The van der Waals surface area contributed by atoms with Crippen LogP contribution in [0.25, 0.3) is 0 Å². The summed E-state index contributed by atoms with van der Waals surface area (Å²) in [4.78, 5) is 19.3. The van der Waals surface area contributed by atoms with E-state index in [9.17, 15) is 22.4 Å². The van der Waals surface area contributed by atoms with Gasteiger partial charge >= 0.3 is 12.1 Å². The first-order valence-corrected chi connectivity index (χ1v) is 8.44. The summed E-state index contributed by atoms with van der Waals surface area (Å²) in [5, 5.41) is 9.33. The monoisotopic (exact) mass is 404 g/mol. The third-order valence-corrected chi connectivity index (χ3v) is 3.63. The van der Waals surface area contributed by atoms with Crippen molar-refractivity contribution in [3.8, 4) is 0 Å². The van der Waals surface area contributed by atoms with Gasteiger partial charge in [-0.15, -0.1) is 0 Å². The molecule has 0 bridgehead atoms. The number of alkyl halides is 4. The zero-order valence-corrected chi connectivity index (χ0v) is 15.5. The smallest absolute Gasteiger partial charge is 0.421 e. The van der Waals surface area contributed by atoms with Crippen molar-refractivity contribution in [1.29, 1.82) is 0 Å². The largest absolute Gasteiger partial charge is 0.464 e. The van der Waals surface area contributed by atoms with Crippen molar-refractivity contribution in [2.24, 2.45) is 0 Å². The average Bonchev–Trinajstić information content (AvgIpc) is 2.95. The van der Waals surface area contributed by atoms with Crippen molar-refractivity contribution in [1.82, 2.24) is 19.7 Å². The molecular weight excluding hydrogens is 384 g/mol. The summed E-state index contributed by atoms with van der Waals surface area (Å²) >= 11 is 0. The first-order chi connectivity index (χ1) is 13.2. The van der Waals surface area contributed by atoms with Gasteiger partial charge in [-0.25, -0.2) is 14.2 Å². The zero-order valence-electron chi connectivity index (χ0n) is 15.5. The lowest BCUT2D eigenvalue weighted by molar-refractivity contribution is -0.148. The highest BCUT2D eigenvalue weighted by Gasteiger charge is 2.35. The highest BCUT2D eigenvalue weighted by atomic mass is 19.4. The molecule has 28 heavy (non-hydrogen) atoms. The summed E-state index contributed by atoms with van der Waals surface area (Å²) < 4.78 is 58.2. The van der Waals surface area contributed by atoms with E-state index in [4.69, 9.17) is 4.74 Å². The van der Waals surface area contributed by atoms with Gasteiger partial charge in [-0.1, -0.05) is 0 Å². The SMILES string of the molecule is CCNc1nc(Nc2cn(C(CF)C(=O)OCC)nc2C)ncc1C(F)(F)F. The number of anilines is 3. The van der Waals surface area contributed by atoms with E-state index in [1.807, 2.05) is 0 Å². The molecule has 2 heterocycles. The molecule has 2 aromatic heterocycles. The van der Waals surface area contributed by atoms with Crippen molar-refractivity contribution in [3.63, 3.8) is 0 Å². The Balaban J connectivity index is 2.30. The Morgan fingerprint density at radius 3 is 2.64 bits per heavy atom. The fourth-order valence-electron chi connectivity index (χ4n) is 2.32. The molecule has 2 aromatic rings. The van der Waals surface area contributed by atoms with Crippen molar-refractivity contribution >= 4 is 23.4 Å². The number of aromatic nitrogens is 4. The lowest BCUT2D eigenvalue weighted by Crippen LogP contribution is -2.24. The van der Waals surface area contributed by atoms with Gasteiger partial charge < -0.3 is 15.4 Å². The van der Waals surface area contributed by atoms with E-state index in [2.05, 4.69) is 25.7 Å². The molecule has 0 fully saturated rings. The minimum Gasteiger partial charge on any atom is -0.464 e. The predicted molar refractivity (Wildman–Crippen MR) is 93.1 cm³/mol. The summed E-state index contributed by atoms with van der Waals surface area (Å²) in [5.41, 5.74) is -0.312. The molecule has 12 heteroatoms. The number of rotatable bonds is 8. The molecule has 2 rings (SSSR count). The van der Waals surface area contributed by atoms with Crippen LogP contribution in [0.15, 0.2) is 12.4 Å². The summed E-state index contributed by atoms with van der Waals surface area (Å²) in [6.45, 7) is 4.10. The summed E-state index contributed by atoms with van der Waals surface area (Å²) in [6, 6.07) is -1.26. The number of halogens is 4. The topological polar surface area (TPSA) is 94.0 Å². The van der Waals surface area contributed by atoms with Crippen LogP contribution in [0, 0.1) is 6.92 Å². The van der Waals surface area contributed by atoms with Crippen LogP contribution in [0.3, 0.4) is 0 Å². The van der Waals surface area contributed by atoms with Crippen molar-refractivity contribution in [2.45, 2.75) is 33.0 Å². The van der Waals surface area contributed by atoms with Gasteiger partial charge in [-0.05, 0) is 20.8 Å². The van der Waals surface area contributed by atoms with Gasteiger partial charge in [0.1, 0.15) is 18.1 Å². The second kappa shape index (κ2) is 8.85. The summed E-state index contributed by atoms with van der Waals surface area (Å²) in [6.07, 6.45) is -2.61. The van der Waals surface area contributed by atoms with E-state index in [0.717, 1.165) is 4.68 Å². The standard InChI is InChI=1S/C16H20F4N6O2/c1-4-21-13-10(16(18,19)20)7-22-15(24-13)23-11-8-26(25-9(11)3)12(6-17)14(27)28-5-2/h7-8,12H,4-6H2,1-3H3,(H2,21,22,23,24). The van der Waals surface area contributed by atoms with Crippen LogP contribution < -0.4 is 10.6 Å². The van der Waals surface area contributed by atoms with E-state index in [-0.39, 0.29) is 24.9 Å². The Hall–Kier alpha value is -2.92. The molecule has 0 radical (unpaired) electrons. The number of aryl methyl sites for hydroxylation is 1. The fraction of sp³-hybridized carbons (Fsp3) is 0.500. The quantitative estimate of drug-likeness (QED) is 0.515. The maximum atomic E-state index is 13.3. The molecule has 0 amide bonds. The predicted octanol–water partition coefficient (Wildman–Crippen LogP) is 3.25. The van der Waals surface area contributed by atoms with Gasteiger partial charge in [-0.2, -0.15) is 23.3 Å². The average molecular weight is 404 g/mol. The number of hydrogen-bond donors (Lipinski definition) is 2. The molecule has 154 valence electrons. The second-order valence-corrected chi connectivity index (χ2v) is 5.64. The Kier molecular flexibility index (Phi) is 6.75. The Morgan fingerprint density at radius 2 is 2.07 bits per heavy atom. The number of carbonyl (C=O) groups excluding carboxylic acids is 1. The summed E-state index contributed by atoms with van der Waals surface area (Å²) in [5.74, 6) is -1.26. The second-order valence-electron chi connectivity index (χ2n) is 5.64. The highest BCUT2D eigenvalue weighted by molar-refractivity contribution is 5.74. The molecule has 0 aliphatic rings. The maximum absolute atomic E-state index is 13.3. The molecule has 8 nitrogen and oxygen atoms in total. The zero-order chi connectivity index (χ0) is 20.9.